The van der Waals surface area contributed by atoms with Crippen LogP contribution < -0.4 is 4.74 Å². The summed E-state index contributed by atoms with van der Waals surface area (Å²) in [6.07, 6.45) is -0.316. The predicted molar refractivity (Wildman–Crippen MR) is 129 cm³/mol. The largest absolute Gasteiger partial charge is 0.459 e. The van der Waals surface area contributed by atoms with Gasteiger partial charge in [0.2, 0.25) is 5.78 Å². The third-order valence-corrected chi connectivity index (χ3v) is 6.89. The molecule has 2 atom stereocenters. The number of hydrogen-bond donors (Lipinski definition) is 0. The van der Waals surface area contributed by atoms with E-state index in [0.717, 1.165) is 25.8 Å². The Morgan fingerprint density at radius 1 is 1.00 bits per heavy atom. The van der Waals surface area contributed by atoms with Gasteiger partial charge < -0.3 is 4.74 Å². The summed E-state index contributed by atoms with van der Waals surface area (Å²) in [4.78, 5) is 13.4. The Hall–Kier alpha value is -1.86. The van der Waals surface area contributed by atoms with Crippen molar-refractivity contribution in [2.24, 2.45) is 5.10 Å². The summed E-state index contributed by atoms with van der Waals surface area (Å²) >= 11 is 19.6. The van der Waals surface area contributed by atoms with Crippen LogP contribution in [0.15, 0.2) is 74.7 Å². The molecule has 0 radical (unpaired) electrons. The first-order chi connectivity index (χ1) is 14.9. The number of carbonyl (C=O) groups excluding carboxylic acids is 1. The highest BCUT2D eigenvalue weighted by Crippen LogP contribution is 2.47. The van der Waals surface area contributed by atoms with E-state index in [1.165, 1.54) is 0 Å². The molecule has 3 aromatic carbocycles. The zero-order valence-corrected chi connectivity index (χ0v) is 20.5. The van der Waals surface area contributed by atoms with Crippen LogP contribution in [0.4, 0.5) is 0 Å². The van der Waals surface area contributed by atoms with Gasteiger partial charge in [0.1, 0.15) is 5.75 Å². The van der Waals surface area contributed by atoms with Crippen molar-refractivity contribution in [3.63, 3.8) is 0 Å². The number of ether oxygens (including phenoxy) is 1. The first-order valence-corrected chi connectivity index (χ1v) is 11.8. The highest BCUT2D eigenvalue weighted by atomic mass is 79.9. The minimum atomic E-state index is -0.926. The van der Waals surface area contributed by atoms with Crippen LogP contribution >= 0.6 is 55.1 Å². The lowest BCUT2D eigenvalue weighted by molar-refractivity contribution is -0.00448. The first-order valence-electron chi connectivity index (χ1n) is 9.48. The van der Waals surface area contributed by atoms with E-state index in [0.29, 0.717) is 27.8 Å². The lowest BCUT2D eigenvalue weighted by Crippen LogP contribution is -2.46. The predicted octanol–water partition coefficient (Wildman–Crippen LogP) is 7.27. The van der Waals surface area contributed by atoms with E-state index in [-0.39, 0.29) is 11.8 Å². The smallest absolute Gasteiger partial charge is 0.251 e. The summed E-state index contributed by atoms with van der Waals surface area (Å²) in [6, 6.07) is 18.4. The second-order valence-corrected chi connectivity index (χ2v) is 9.98. The highest BCUT2D eigenvalue weighted by molar-refractivity contribution is 9.10. The van der Waals surface area contributed by atoms with Gasteiger partial charge >= 0.3 is 0 Å². The third-order valence-electron chi connectivity index (χ3n) is 5.34. The van der Waals surface area contributed by atoms with Gasteiger partial charge in [-0.3, -0.25) is 4.79 Å². The van der Waals surface area contributed by atoms with Crippen molar-refractivity contribution in [2.75, 3.05) is 0 Å². The number of Topliss-reactive ketones (excluding diaryl/α,β-unsaturated/α-hetero) is 1. The molecule has 3 aromatic rings. The monoisotopic (exact) mass is 578 g/mol. The van der Waals surface area contributed by atoms with Crippen molar-refractivity contribution in [2.45, 2.75) is 18.7 Å². The van der Waals surface area contributed by atoms with Crippen LogP contribution in [0.3, 0.4) is 0 Å². The van der Waals surface area contributed by atoms with Crippen molar-refractivity contribution in [1.29, 1.82) is 0 Å². The molecule has 2 aliphatic rings. The first kappa shape index (κ1) is 21.0. The van der Waals surface area contributed by atoms with Gasteiger partial charge in [-0.1, -0.05) is 79.3 Å². The fourth-order valence-corrected chi connectivity index (χ4v) is 4.94. The Morgan fingerprint density at radius 3 is 2.32 bits per heavy atom. The Labute approximate surface area is 206 Å². The lowest BCUT2D eigenvalue weighted by atomic mass is 9.95. The Morgan fingerprint density at radius 2 is 1.65 bits per heavy atom. The molecule has 0 saturated heterocycles. The SMILES string of the molecule is O=C(c1ccc(Br)cc1)[C@@H]1Oc2c(Cl)cc(Cl)cc2[C@H]2CC(c3ccc(Br)cc3)=NN21. The standard InChI is InChI=1S/C23H14Br2Cl2N2O2/c24-14-5-1-12(2-6-14)19-11-20-17-9-16(26)10-18(27)22(17)31-23(29(20)28-19)21(30)13-3-7-15(25)8-4-13/h1-10,20,23H,11H2/t20-,23+/m1/s1. The molecule has 0 saturated carbocycles. The summed E-state index contributed by atoms with van der Waals surface area (Å²) in [5.74, 6) is 0.296. The van der Waals surface area contributed by atoms with Crippen molar-refractivity contribution >= 4 is 66.6 Å². The number of hydrogen-bond acceptors (Lipinski definition) is 4. The number of carbonyl (C=O) groups is 1. The molecule has 0 amide bonds. The van der Waals surface area contributed by atoms with Crippen molar-refractivity contribution in [3.8, 4) is 5.75 Å². The zero-order chi connectivity index (χ0) is 21.7. The maximum absolute atomic E-state index is 13.4. The summed E-state index contributed by atoms with van der Waals surface area (Å²) in [5.41, 5.74) is 3.22. The zero-order valence-electron chi connectivity index (χ0n) is 15.9. The van der Waals surface area contributed by atoms with Crippen LogP contribution in [0.2, 0.25) is 10.0 Å². The van der Waals surface area contributed by atoms with Crippen LogP contribution in [-0.2, 0) is 0 Å². The number of benzene rings is 3. The number of halogens is 4. The molecule has 5 rings (SSSR count). The van der Waals surface area contributed by atoms with Crippen molar-refractivity contribution in [3.05, 3.63) is 96.3 Å². The summed E-state index contributed by atoms with van der Waals surface area (Å²) in [6.45, 7) is 0. The molecule has 4 nitrogen and oxygen atoms in total. The molecule has 0 fully saturated rings. The van der Waals surface area contributed by atoms with Gasteiger partial charge in [-0.15, -0.1) is 0 Å². The van der Waals surface area contributed by atoms with E-state index in [1.54, 1.807) is 23.2 Å². The van der Waals surface area contributed by atoms with E-state index in [1.807, 2.05) is 42.5 Å². The Balaban J connectivity index is 1.59. The second-order valence-electron chi connectivity index (χ2n) is 7.30. The van der Waals surface area contributed by atoms with Gasteiger partial charge in [0.15, 0.2) is 0 Å². The van der Waals surface area contributed by atoms with Gasteiger partial charge in [0.05, 0.1) is 16.8 Å². The van der Waals surface area contributed by atoms with Crippen LogP contribution in [0.1, 0.15) is 33.9 Å². The van der Waals surface area contributed by atoms with Crippen LogP contribution in [-0.4, -0.2) is 22.7 Å². The second kappa shape index (κ2) is 8.24. The van der Waals surface area contributed by atoms with E-state index in [9.17, 15) is 4.79 Å². The minimum Gasteiger partial charge on any atom is -0.459 e. The maximum Gasteiger partial charge on any atom is 0.251 e. The number of rotatable bonds is 3. The van der Waals surface area contributed by atoms with Gasteiger partial charge in [0, 0.05) is 31.5 Å². The Kier molecular flexibility index (Phi) is 5.59. The van der Waals surface area contributed by atoms with Crippen molar-refractivity contribution in [1.82, 2.24) is 5.01 Å². The van der Waals surface area contributed by atoms with Crippen molar-refractivity contribution < 1.29 is 9.53 Å². The molecular formula is C23H14Br2Cl2N2O2. The number of fused-ring (bicyclic) bond motifs is 3. The molecule has 0 bridgehead atoms. The average Bonchev–Trinajstić information content (AvgIpc) is 3.19. The number of hydrazone groups is 1. The van der Waals surface area contributed by atoms with Crippen LogP contribution in [0, 0.1) is 0 Å². The summed E-state index contributed by atoms with van der Waals surface area (Å²) in [5, 5.41) is 7.44. The molecule has 8 heteroatoms. The molecule has 31 heavy (non-hydrogen) atoms. The van der Waals surface area contributed by atoms with E-state index >= 15 is 0 Å². The molecule has 0 N–H and O–H groups in total. The number of ketones is 1. The van der Waals surface area contributed by atoms with Gasteiger partial charge in [-0.05, 0) is 42.0 Å². The maximum atomic E-state index is 13.4. The highest BCUT2D eigenvalue weighted by Gasteiger charge is 2.44. The summed E-state index contributed by atoms with van der Waals surface area (Å²) < 4.78 is 8.02. The third kappa shape index (κ3) is 3.91. The quantitative estimate of drug-likeness (QED) is 0.306. The average molecular weight is 581 g/mol. The van der Waals surface area contributed by atoms with Gasteiger partial charge in [-0.2, -0.15) is 5.10 Å². The molecule has 0 aromatic heterocycles. The fraction of sp³-hybridized carbons (Fsp3) is 0.130. The van der Waals surface area contributed by atoms with Crippen LogP contribution in [0.5, 0.6) is 5.75 Å². The normalized spacial score (nSPS) is 19.4. The van der Waals surface area contributed by atoms with E-state index in [4.69, 9.17) is 33.0 Å². The molecule has 2 heterocycles. The van der Waals surface area contributed by atoms with Crippen LogP contribution in [0.25, 0.3) is 0 Å². The molecule has 0 spiro atoms. The Bertz CT molecular complexity index is 1210. The topological polar surface area (TPSA) is 41.9 Å². The molecule has 2 aliphatic heterocycles. The summed E-state index contributed by atoms with van der Waals surface area (Å²) in [7, 11) is 0. The molecule has 0 unspecified atom stereocenters. The fourth-order valence-electron chi connectivity index (χ4n) is 3.86. The van der Waals surface area contributed by atoms with E-state index in [2.05, 4.69) is 31.9 Å². The lowest BCUT2D eigenvalue weighted by Gasteiger charge is -2.37. The van der Waals surface area contributed by atoms with E-state index < -0.39 is 6.23 Å². The number of nitrogens with zero attached hydrogens (tertiary/aromatic N) is 2. The van der Waals surface area contributed by atoms with Gasteiger partial charge in [-0.25, -0.2) is 5.01 Å². The molecule has 0 aliphatic carbocycles. The minimum absolute atomic E-state index is 0.185. The molecule has 156 valence electrons. The van der Waals surface area contributed by atoms with Gasteiger partial charge in [0.25, 0.3) is 6.23 Å². The molecular weight excluding hydrogens is 567 g/mol.